The predicted octanol–water partition coefficient (Wildman–Crippen LogP) is 3.22. The van der Waals surface area contributed by atoms with E-state index in [0.717, 1.165) is 5.56 Å². The Morgan fingerprint density at radius 1 is 1.17 bits per heavy atom. The van der Waals surface area contributed by atoms with E-state index < -0.39 is 45.8 Å². The van der Waals surface area contributed by atoms with E-state index in [1.165, 1.54) is 6.08 Å². The number of Topliss-reactive ketones (excluding diaryl/α,β-unsaturated/α-hetero) is 1. The van der Waals surface area contributed by atoms with Gasteiger partial charge in [0.2, 0.25) is 0 Å². The molecule has 0 radical (unpaired) electrons. The maximum atomic E-state index is 13.0. The van der Waals surface area contributed by atoms with Gasteiger partial charge in [-0.15, -0.1) is 0 Å². The molecule has 0 amide bonds. The molecule has 0 spiro atoms. The molecule has 2 saturated carbocycles. The van der Waals surface area contributed by atoms with Crippen molar-refractivity contribution in [3.8, 4) is 0 Å². The van der Waals surface area contributed by atoms with E-state index in [2.05, 4.69) is 0 Å². The number of ketones is 1. The van der Waals surface area contributed by atoms with Crippen LogP contribution in [0, 0.1) is 29.1 Å². The number of aliphatic hydroxyl groups excluding tert-OH is 1. The van der Waals surface area contributed by atoms with Gasteiger partial charge in [0.05, 0.1) is 12.2 Å². The second-order valence-corrected chi connectivity index (χ2v) is 11.5. The van der Waals surface area contributed by atoms with Crippen LogP contribution < -0.4 is 0 Å². The normalized spacial score (nSPS) is 41.3. The smallest absolute Gasteiger partial charge is 0.331 e. The molecule has 3 N–H and O–H groups in total. The van der Waals surface area contributed by atoms with Crippen LogP contribution in [0.1, 0.15) is 46.1 Å². The fourth-order valence-corrected chi connectivity index (χ4v) is 7.54. The summed E-state index contributed by atoms with van der Waals surface area (Å²) in [5, 5.41) is 34.0. The number of fused-ring (bicyclic) bond motifs is 5. The third-order valence-electron chi connectivity index (χ3n) is 9.37. The number of hydrogen-bond donors (Lipinski definition) is 3. The van der Waals surface area contributed by atoms with Crippen LogP contribution in [0.3, 0.4) is 0 Å². The Morgan fingerprint density at radius 2 is 1.86 bits per heavy atom. The van der Waals surface area contributed by atoms with E-state index in [1.807, 2.05) is 57.2 Å². The van der Waals surface area contributed by atoms with E-state index in [0.29, 0.717) is 17.6 Å². The van der Waals surface area contributed by atoms with Gasteiger partial charge in [-0.3, -0.25) is 4.79 Å². The average molecular weight is 479 g/mol. The Kier molecular flexibility index (Phi) is 5.34. The minimum Gasteiger partial charge on any atom is -0.455 e. The highest BCUT2D eigenvalue weighted by atomic mass is 16.6. The molecule has 0 saturated heterocycles. The molecule has 4 aliphatic rings. The summed E-state index contributed by atoms with van der Waals surface area (Å²) in [5.74, 6) is -2.73. The molecular weight excluding hydrogens is 444 g/mol. The average Bonchev–Trinajstić information content (AvgIpc) is 3.22. The second kappa shape index (κ2) is 7.73. The van der Waals surface area contributed by atoms with Crippen molar-refractivity contribution in [2.45, 2.75) is 57.3 Å². The third kappa shape index (κ3) is 3.19. The Bertz CT molecular complexity index is 1160. The van der Waals surface area contributed by atoms with Gasteiger partial charge in [0.1, 0.15) is 11.2 Å². The first kappa shape index (κ1) is 24.2. The molecule has 7 atom stereocenters. The molecule has 6 nitrogen and oxygen atoms in total. The van der Waals surface area contributed by atoms with E-state index in [4.69, 9.17) is 4.74 Å². The Morgan fingerprint density at radius 3 is 2.51 bits per heavy atom. The van der Waals surface area contributed by atoms with Gasteiger partial charge in [-0.1, -0.05) is 63.3 Å². The van der Waals surface area contributed by atoms with Crippen LogP contribution in [-0.2, 0) is 14.3 Å². The molecule has 0 aliphatic heterocycles. The van der Waals surface area contributed by atoms with Crippen LogP contribution in [0.2, 0.25) is 0 Å². The maximum absolute atomic E-state index is 13.0. The highest BCUT2D eigenvalue weighted by Gasteiger charge is 2.83. The van der Waals surface area contributed by atoms with Gasteiger partial charge in [0, 0.05) is 35.7 Å². The SMILES string of the molecule is CC1=C[C@H]2[C@@]3(O)[C@H](C)C[C@]4(OC(=O)/C=C/c5ccccc5)[C@@H]([C@@H]3C=C(CO)C[C@]2(O)C1=O)C4(C)C. The summed E-state index contributed by atoms with van der Waals surface area (Å²) < 4.78 is 6.17. The fourth-order valence-electron chi connectivity index (χ4n) is 7.54. The van der Waals surface area contributed by atoms with E-state index in [1.54, 1.807) is 19.1 Å². The lowest BCUT2D eigenvalue weighted by molar-refractivity contribution is -0.185. The van der Waals surface area contributed by atoms with Crippen molar-refractivity contribution in [3.63, 3.8) is 0 Å². The molecule has 6 heteroatoms. The van der Waals surface area contributed by atoms with Crippen LogP contribution >= 0.6 is 0 Å². The van der Waals surface area contributed by atoms with Gasteiger partial charge in [-0.05, 0) is 42.0 Å². The monoisotopic (exact) mass is 478 g/mol. The first-order valence-electron chi connectivity index (χ1n) is 12.4. The maximum Gasteiger partial charge on any atom is 0.331 e. The quantitative estimate of drug-likeness (QED) is 0.349. The van der Waals surface area contributed by atoms with Crippen molar-refractivity contribution in [2.24, 2.45) is 29.1 Å². The van der Waals surface area contributed by atoms with Crippen molar-refractivity contribution in [3.05, 3.63) is 65.3 Å². The summed E-state index contributed by atoms with van der Waals surface area (Å²) >= 11 is 0. The topological polar surface area (TPSA) is 104 Å². The number of rotatable bonds is 4. The molecule has 0 heterocycles. The molecular formula is C29H34O6. The largest absolute Gasteiger partial charge is 0.455 e. The molecule has 1 aromatic rings. The summed E-state index contributed by atoms with van der Waals surface area (Å²) in [6.45, 7) is 7.32. The highest BCUT2D eigenvalue weighted by molar-refractivity contribution is 6.04. The highest BCUT2D eigenvalue weighted by Crippen LogP contribution is 2.76. The predicted molar refractivity (Wildman–Crippen MR) is 131 cm³/mol. The van der Waals surface area contributed by atoms with Crippen LogP contribution in [0.25, 0.3) is 6.08 Å². The van der Waals surface area contributed by atoms with Gasteiger partial charge in [0.25, 0.3) is 0 Å². The summed E-state index contributed by atoms with van der Waals surface area (Å²) in [6.07, 6.45) is 7.09. The van der Waals surface area contributed by atoms with E-state index >= 15 is 0 Å². The number of benzene rings is 1. The summed E-state index contributed by atoms with van der Waals surface area (Å²) in [7, 11) is 0. The first-order chi connectivity index (χ1) is 16.4. The molecule has 2 fully saturated rings. The molecule has 0 aromatic heterocycles. The molecule has 35 heavy (non-hydrogen) atoms. The zero-order chi connectivity index (χ0) is 25.4. The molecule has 5 rings (SSSR count). The standard InChI is InChI=1S/C29H34O6/c1-17-12-22-27(33,25(17)32)15-20(16-30)13-21-24-26(3,4)28(24,14-18(2)29(21,22)34)35-23(31)11-10-19-8-6-5-7-9-19/h5-13,18,21-22,24,30,33-34H,14-16H2,1-4H3/b11-10+/t18-,21+,22-,24+,27-,28+,29-/m1/s1. The van der Waals surface area contributed by atoms with E-state index in [-0.39, 0.29) is 24.9 Å². The van der Waals surface area contributed by atoms with Gasteiger partial charge in [-0.25, -0.2) is 4.79 Å². The van der Waals surface area contributed by atoms with Crippen molar-refractivity contribution in [1.29, 1.82) is 0 Å². The number of hydrogen-bond acceptors (Lipinski definition) is 6. The molecule has 0 unspecified atom stereocenters. The molecule has 186 valence electrons. The summed E-state index contributed by atoms with van der Waals surface area (Å²) in [4.78, 5) is 25.9. The first-order valence-corrected chi connectivity index (χ1v) is 12.4. The number of ether oxygens (including phenoxy) is 1. The van der Waals surface area contributed by atoms with Gasteiger partial charge in [0.15, 0.2) is 5.78 Å². The molecule has 1 aromatic carbocycles. The zero-order valence-corrected chi connectivity index (χ0v) is 20.7. The van der Waals surface area contributed by atoms with Crippen molar-refractivity contribution < 1.29 is 29.6 Å². The minimum atomic E-state index is -1.79. The van der Waals surface area contributed by atoms with Crippen LogP contribution in [0.5, 0.6) is 0 Å². The number of aliphatic hydroxyl groups is 3. The summed E-state index contributed by atoms with van der Waals surface area (Å²) in [5.41, 5.74) is -2.59. The second-order valence-electron chi connectivity index (χ2n) is 11.5. The van der Waals surface area contributed by atoms with Crippen LogP contribution in [0.15, 0.2) is 59.7 Å². The molecule has 0 bridgehead atoms. The fraction of sp³-hybridized carbons (Fsp3) is 0.517. The van der Waals surface area contributed by atoms with Crippen LogP contribution in [-0.4, -0.2) is 50.5 Å². The number of carbonyl (C=O) groups excluding carboxylic acids is 2. The lowest BCUT2D eigenvalue weighted by Crippen LogP contribution is -2.61. The van der Waals surface area contributed by atoms with Gasteiger partial charge >= 0.3 is 5.97 Å². The molecule has 4 aliphatic carbocycles. The number of esters is 1. The van der Waals surface area contributed by atoms with E-state index in [9.17, 15) is 24.9 Å². The zero-order valence-electron chi connectivity index (χ0n) is 20.7. The Labute approximate surface area is 206 Å². The van der Waals surface area contributed by atoms with Crippen molar-refractivity contribution in [1.82, 2.24) is 0 Å². The lowest BCUT2D eigenvalue weighted by Gasteiger charge is -2.50. The van der Waals surface area contributed by atoms with Crippen molar-refractivity contribution >= 4 is 17.8 Å². The Hall–Kier alpha value is -2.54. The minimum absolute atomic E-state index is 0.0217. The summed E-state index contributed by atoms with van der Waals surface area (Å²) in [6, 6.07) is 9.51. The van der Waals surface area contributed by atoms with Crippen LogP contribution in [0.4, 0.5) is 0 Å². The van der Waals surface area contributed by atoms with Gasteiger partial charge in [-0.2, -0.15) is 0 Å². The van der Waals surface area contributed by atoms with Gasteiger partial charge < -0.3 is 20.1 Å². The van der Waals surface area contributed by atoms with Crippen molar-refractivity contribution in [2.75, 3.05) is 6.61 Å². The lowest BCUT2D eigenvalue weighted by atomic mass is 9.60. The Balaban J connectivity index is 1.52. The number of carbonyl (C=O) groups is 2. The third-order valence-corrected chi connectivity index (χ3v) is 9.37.